The van der Waals surface area contributed by atoms with Crippen LogP contribution in [-0.4, -0.2) is 49.4 Å². The molecule has 1 unspecified atom stereocenters. The fraction of sp³-hybridized carbons (Fsp3) is 0.714. The van der Waals surface area contributed by atoms with Crippen LogP contribution in [0.5, 0.6) is 0 Å². The highest BCUT2D eigenvalue weighted by atomic mass is 16.5. The van der Waals surface area contributed by atoms with Crippen LogP contribution in [0.4, 0.5) is 5.95 Å². The maximum atomic E-state index is 5.20. The van der Waals surface area contributed by atoms with Crippen molar-refractivity contribution in [1.29, 1.82) is 0 Å². The SMILES string of the molecule is COCCN(CC1CCCN1)c1nc(C)cc(C)n1. The molecule has 1 saturated heterocycles. The number of ether oxygens (including phenoxy) is 1. The van der Waals surface area contributed by atoms with Gasteiger partial charge < -0.3 is 15.0 Å². The molecule has 0 bridgehead atoms. The van der Waals surface area contributed by atoms with Gasteiger partial charge in [-0.15, -0.1) is 0 Å². The molecule has 2 heterocycles. The average molecular weight is 264 g/mol. The van der Waals surface area contributed by atoms with E-state index in [-0.39, 0.29) is 0 Å². The molecule has 0 saturated carbocycles. The lowest BCUT2D eigenvalue weighted by atomic mass is 10.2. The van der Waals surface area contributed by atoms with Crippen LogP contribution in [0.3, 0.4) is 0 Å². The molecular weight excluding hydrogens is 240 g/mol. The second-order valence-corrected chi connectivity index (χ2v) is 5.18. The smallest absolute Gasteiger partial charge is 0.225 e. The van der Waals surface area contributed by atoms with E-state index in [4.69, 9.17) is 4.74 Å². The van der Waals surface area contributed by atoms with E-state index in [1.165, 1.54) is 12.8 Å². The Morgan fingerprint density at radius 3 is 2.68 bits per heavy atom. The summed E-state index contributed by atoms with van der Waals surface area (Å²) in [4.78, 5) is 11.4. The Bertz CT molecular complexity index is 384. The van der Waals surface area contributed by atoms with Crippen molar-refractivity contribution in [2.75, 3.05) is 38.3 Å². The largest absolute Gasteiger partial charge is 0.383 e. The molecule has 1 atom stereocenters. The van der Waals surface area contributed by atoms with E-state index < -0.39 is 0 Å². The third-order valence-corrected chi connectivity index (χ3v) is 3.42. The first-order valence-electron chi connectivity index (χ1n) is 6.98. The minimum absolute atomic E-state index is 0.543. The molecule has 0 amide bonds. The summed E-state index contributed by atoms with van der Waals surface area (Å²) in [5.74, 6) is 0.822. The minimum atomic E-state index is 0.543. The molecule has 5 nitrogen and oxygen atoms in total. The van der Waals surface area contributed by atoms with Crippen LogP contribution < -0.4 is 10.2 Å². The first-order chi connectivity index (χ1) is 9.19. The van der Waals surface area contributed by atoms with E-state index in [1.54, 1.807) is 7.11 Å². The molecule has 1 aromatic rings. The van der Waals surface area contributed by atoms with Gasteiger partial charge in [0.15, 0.2) is 0 Å². The van der Waals surface area contributed by atoms with Gasteiger partial charge in [-0.3, -0.25) is 0 Å². The molecule has 1 aliphatic rings. The number of nitrogens with one attached hydrogen (secondary N) is 1. The molecule has 0 aromatic carbocycles. The third-order valence-electron chi connectivity index (χ3n) is 3.42. The Labute approximate surface area is 115 Å². The molecule has 1 N–H and O–H groups in total. The van der Waals surface area contributed by atoms with Gasteiger partial charge in [0, 0.05) is 37.6 Å². The molecule has 19 heavy (non-hydrogen) atoms. The van der Waals surface area contributed by atoms with Crippen LogP contribution >= 0.6 is 0 Å². The van der Waals surface area contributed by atoms with Gasteiger partial charge in [-0.1, -0.05) is 0 Å². The van der Waals surface area contributed by atoms with E-state index in [0.29, 0.717) is 12.6 Å². The minimum Gasteiger partial charge on any atom is -0.383 e. The van der Waals surface area contributed by atoms with Gasteiger partial charge in [0.2, 0.25) is 5.95 Å². The van der Waals surface area contributed by atoms with Crippen LogP contribution in [0.2, 0.25) is 0 Å². The maximum absolute atomic E-state index is 5.20. The highest BCUT2D eigenvalue weighted by Gasteiger charge is 2.19. The lowest BCUT2D eigenvalue weighted by molar-refractivity contribution is 0.204. The number of rotatable bonds is 6. The number of hydrogen-bond donors (Lipinski definition) is 1. The zero-order valence-corrected chi connectivity index (χ0v) is 12.1. The Morgan fingerprint density at radius 2 is 2.11 bits per heavy atom. The van der Waals surface area contributed by atoms with Gasteiger partial charge in [0.05, 0.1) is 6.61 Å². The van der Waals surface area contributed by atoms with Crippen molar-refractivity contribution in [3.8, 4) is 0 Å². The van der Waals surface area contributed by atoms with Crippen molar-refractivity contribution in [1.82, 2.24) is 15.3 Å². The number of aromatic nitrogens is 2. The predicted octanol–water partition coefficient (Wildman–Crippen LogP) is 1.30. The van der Waals surface area contributed by atoms with Gasteiger partial charge in [0.25, 0.3) is 0 Å². The van der Waals surface area contributed by atoms with Crippen molar-refractivity contribution < 1.29 is 4.74 Å². The Hall–Kier alpha value is -1.20. The summed E-state index contributed by atoms with van der Waals surface area (Å²) in [6, 6.07) is 2.55. The summed E-state index contributed by atoms with van der Waals surface area (Å²) in [6.45, 7) is 7.63. The lowest BCUT2D eigenvalue weighted by Crippen LogP contribution is -2.40. The summed E-state index contributed by atoms with van der Waals surface area (Å²) < 4.78 is 5.20. The highest BCUT2D eigenvalue weighted by Crippen LogP contribution is 2.13. The fourth-order valence-electron chi connectivity index (χ4n) is 2.50. The van der Waals surface area contributed by atoms with E-state index in [1.807, 2.05) is 19.9 Å². The van der Waals surface area contributed by atoms with Crippen LogP contribution in [0, 0.1) is 13.8 Å². The number of nitrogens with zero attached hydrogens (tertiary/aromatic N) is 3. The third kappa shape index (κ3) is 4.14. The molecule has 0 spiro atoms. The van der Waals surface area contributed by atoms with Gasteiger partial charge >= 0.3 is 0 Å². The molecular formula is C14H24N4O. The summed E-state index contributed by atoms with van der Waals surface area (Å²) in [6.07, 6.45) is 2.49. The summed E-state index contributed by atoms with van der Waals surface area (Å²) in [5, 5.41) is 3.52. The van der Waals surface area contributed by atoms with Gasteiger partial charge in [0.1, 0.15) is 0 Å². The molecule has 2 rings (SSSR count). The van der Waals surface area contributed by atoms with E-state index in [9.17, 15) is 0 Å². The average Bonchev–Trinajstić information content (AvgIpc) is 2.86. The summed E-state index contributed by atoms with van der Waals surface area (Å²) in [7, 11) is 1.73. The van der Waals surface area contributed by atoms with Crippen LogP contribution in [0.25, 0.3) is 0 Å². The van der Waals surface area contributed by atoms with Crippen LogP contribution in [-0.2, 0) is 4.74 Å². The van der Waals surface area contributed by atoms with Crippen LogP contribution in [0.1, 0.15) is 24.2 Å². The molecule has 5 heteroatoms. The molecule has 0 radical (unpaired) electrons. The van der Waals surface area contributed by atoms with Gasteiger partial charge in [-0.25, -0.2) is 9.97 Å². The zero-order chi connectivity index (χ0) is 13.7. The number of hydrogen-bond acceptors (Lipinski definition) is 5. The van der Waals surface area contributed by atoms with Gasteiger partial charge in [-0.05, 0) is 39.3 Å². The first kappa shape index (κ1) is 14.2. The van der Waals surface area contributed by atoms with Crippen molar-refractivity contribution in [3.63, 3.8) is 0 Å². The standard InChI is InChI=1S/C14H24N4O/c1-11-9-12(2)17-14(16-11)18(7-8-19-3)10-13-5-4-6-15-13/h9,13,15H,4-8,10H2,1-3H3. The topological polar surface area (TPSA) is 50.3 Å². The lowest BCUT2D eigenvalue weighted by Gasteiger charge is -2.26. The maximum Gasteiger partial charge on any atom is 0.225 e. The Morgan fingerprint density at radius 1 is 1.37 bits per heavy atom. The molecule has 1 fully saturated rings. The van der Waals surface area contributed by atoms with E-state index in [0.717, 1.165) is 37.0 Å². The first-order valence-corrected chi connectivity index (χ1v) is 6.98. The normalized spacial score (nSPS) is 18.8. The molecule has 0 aliphatic carbocycles. The quantitative estimate of drug-likeness (QED) is 0.839. The molecule has 1 aromatic heterocycles. The highest BCUT2D eigenvalue weighted by molar-refractivity contribution is 5.32. The van der Waals surface area contributed by atoms with E-state index >= 15 is 0 Å². The number of aryl methyl sites for hydroxylation is 2. The molecule has 1 aliphatic heterocycles. The monoisotopic (exact) mass is 264 g/mol. The van der Waals surface area contributed by atoms with Crippen molar-refractivity contribution in [2.45, 2.75) is 32.7 Å². The van der Waals surface area contributed by atoms with Crippen LogP contribution in [0.15, 0.2) is 6.07 Å². The number of methoxy groups -OCH3 is 1. The number of anilines is 1. The second-order valence-electron chi connectivity index (χ2n) is 5.18. The van der Waals surface area contributed by atoms with Crippen molar-refractivity contribution in [3.05, 3.63) is 17.5 Å². The summed E-state index contributed by atoms with van der Waals surface area (Å²) >= 11 is 0. The second kappa shape index (κ2) is 6.82. The van der Waals surface area contributed by atoms with Gasteiger partial charge in [-0.2, -0.15) is 0 Å². The Balaban J connectivity index is 2.10. The zero-order valence-electron chi connectivity index (χ0n) is 12.1. The molecule has 106 valence electrons. The summed E-state index contributed by atoms with van der Waals surface area (Å²) in [5.41, 5.74) is 2.04. The fourth-order valence-corrected chi connectivity index (χ4v) is 2.50. The van der Waals surface area contributed by atoms with Crippen molar-refractivity contribution in [2.24, 2.45) is 0 Å². The van der Waals surface area contributed by atoms with E-state index in [2.05, 4.69) is 20.2 Å². The van der Waals surface area contributed by atoms with Crippen molar-refractivity contribution >= 4 is 5.95 Å². The predicted molar refractivity (Wildman–Crippen MR) is 76.6 cm³/mol. The Kier molecular flexibility index (Phi) is 5.10.